The summed E-state index contributed by atoms with van der Waals surface area (Å²) in [4.78, 5) is 21.2. The Morgan fingerprint density at radius 1 is 1.40 bits per heavy atom. The van der Waals surface area contributed by atoms with Gasteiger partial charge in [0.1, 0.15) is 6.04 Å². The molecule has 0 heterocycles. The molecule has 0 aromatic rings. The van der Waals surface area contributed by atoms with Crippen molar-refractivity contribution in [3.63, 3.8) is 0 Å². The minimum Gasteiger partial charge on any atom is -0.480 e. The lowest BCUT2D eigenvalue weighted by Crippen LogP contribution is -2.31. The van der Waals surface area contributed by atoms with Gasteiger partial charge in [0.15, 0.2) is 0 Å². The van der Waals surface area contributed by atoms with Gasteiger partial charge in [0, 0.05) is 12.0 Å². The number of allylic oxidation sites excluding steroid dienone is 1. The molecule has 0 aliphatic rings. The summed E-state index contributed by atoms with van der Waals surface area (Å²) < 4.78 is 0. The van der Waals surface area contributed by atoms with Gasteiger partial charge in [-0.15, -0.1) is 0 Å². The molecule has 1 atom stereocenters. The minimum atomic E-state index is -1.18. The van der Waals surface area contributed by atoms with Crippen LogP contribution < -0.4 is 5.73 Å². The topological polar surface area (TPSA) is 101 Å². The average molecular weight is 215 g/mol. The molecule has 0 radical (unpaired) electrons. The zero-order chi connectivity index (χ0) is 11.8. The fourth-order valence-corrected chi connectivity index (χ4v) is 1.06. The molecule has 0 bridgehead atoms. The molecular weight excluding hydrogens is 198 g/mol. The summed E-state index contributed by atoms with van der Waals surface area (Å²) in [5.74, 6) is -2.28. The van der Waals surface area contributed by atoms with Crippen LogP contribution in [0.5, 0.6) is 0 Å². The van der Waals surface area contributed by atoms with Gasteiger partial charge in [-0.3, -0.25) is 4.79 Å². The molecule has 4 N–H and O–H groups in total. The molecule has 0 spiro atoms. The van der Waals surface area contributed by atoms with E-state index in [0.29, 0.717) is 6.42 Å². The standard InChI is InChI=1S/C10H17NO4/c1-2-3-4-5-7(9(12)13)6-8(11)10(14)15/h5,8H,2-4,6,11H2,1H3,(H,12,13)(H,14,15)/b7-5+. The highest BCUT2D eigenvalue weighted by molar-refractivity contribution is 5.88. The summed E-state index contributed by atoms with van der Waals surface area (Å²) in [7, 11) is 0. The molecule has 0 rings (SSSR count). The normalized spacial score (nSPS) is 13.6. The summed E-state index contributed by atoms with van der Waals surface area (Å²) >= 11 is 0. The van der Waals surface area contributed by atoms with Crippen LogP contribution in [0.3, 0.4) is 0 Å². The van der Waals surface area contributed by atoms with Crippen molar-refractivity contribution in [2.45, 2.75) is 38.6 Å². The second kappa shape index (κ2) is 7.00. The van der Waals surface area contributed by atoms with Gasteiger partial charge in [-0.1, -0.05) is 25.8 Å². The molecular formula is C10H17NO4. The highest BCUT2D eigenvalue weighted by Gasteiger charge is 2.17. The molecule has 0 saturated carbocycles. The molecule has 5 nitrogen and oxygen atoms in total. The van der Waals surface area contributed by atoms with Crippen molar-refractivity contribution in [2.75, 3.05) is 0 Å². The van der Waals surface area contributed by atoms with Crippen LogP contribution in [-0.4, -0.2) is 28.2 Å². The lowest BCUT2D eigenvalue weighted by molar-refractivity contribution is -0.138. The van der Waals surface area contributed by atoms with Crippen LogP contribution in [0.4, 0.5) is 0 Å². The SMILES string of the molecule is CCCC/C=C(\CC(N)C(=O)O)C(=O)O. The molecule has 0 saturated heterocycles. The highest BCUT2D eigenvalue weighted by Crippen LogP contribution is 2.08. The number of rotatable bonds is 7. The highest BCUT2D eigenvalue weighted by atomic mass is 16.4. The van der Waals surface area contributed by atoms with Crippen molar-refractivity contribution < 1.29 is 19.8 Å². The number of carbonyl (C=O) groups is 2. The largest absolute Gasteiger partial charge is 0.480 e. The third kappa shape index (κ3) is 5.85. The van der Waals surface area contributed by atoms with Crippen LogP contribution in [-0.2, 0) is 9.59 Å². The van der Waals surface area contributed by atoms with E-state index in [1.54, 1.807) is 6.08 Å². The van der Waals surface area contributed by atoms with E-state index in [9.17, 15) is 9.59 Å². The first-order valence-corrected chi connectivity index (χ1v) is 4.89. The van der Waals surface area contributed by atoms with Gasteiger partial charge < -0.3 is 15.9 Å². The summed E-state index contributed by atoms with van der Waals surface area (Å²) in [5.41, 5.74) is 5.34. The Morgan fingerprint density at radius 2 is 2.00 bits per heavy atom. The van der Waals surface area contributed by atoms with E-state index in [0.717, 1.165) is 12.8 Å². The van der Waals surface area contributed by atoms with Gasteiger partial charge in [0.05, 0.1) is 0 Å². The van der Waals surface area contributed by atoms with Gasteiger partial charge in [0.25, 0.3) is 0 Å². The van der Waals surface area contributed by atoms with Crippen LogP contribution in [0.15, 0.2) is 11.6 Å². The first kappa shape index (κ1) is 13.6. The molecule has 5 heteroatoms. The third-order valence-corrected chi connectivity index (χ3v) is 1.98. The third-order valence-electron chi connectivity index (χ3n) is 1.98. The first-order valence-electron chi connectivity index (χ1n) is 4.89. The van der Waals surface area contributed by atoms with Gasteiger partial charge >= 0.3 is 11.9 Å². The Morgan fingerprint density at radius 3 is 2.40 bits per heavy atom. The van der Waals surface area contributed by atoms with Crippen molar-refractivity contribution in [1.29, 1.82) is 0 Å². The average Bonchev–Trinajstić information content (AvgIpc) is 2.15. The maximum atomic E-state index is 10.7. The zero-order valence-electron chi connectivity index (χ0n) is 8.77. The van der Waals surface area contributed by atoms with E-state index in [2.05, 4.69) is 0 Å². The van der Waals surface area contributed by atoms with Gasteiger partial charge in [-0.05, 0) is 6.42 Å². The number of nitrogens with two attached hydrogens (primary N) is 1. The Hall–Kier alpha value is -1.36. The molecule has 15 heavy (non-hydrogen) atoms. The van der Waals surface area contributed by atoms with Crippen LogP contribution >= 0.6 is 0 Å². The van der Waals surface area contributed by atoms with Crippen molar-refractivity contribution >= 4 is 11.9 Å². The summed E-state index contributed by atoms with van der Waals surface area (Å²) in [6.45, 7) is 2.00. The summed E-state index contributed by atoms with van der Waals surface area (Å²) in [5, 5.41) is 17.3. The van der Waals surface area contributed by atoms with E-state index >= 15 is 0 Å². The minimum absolute atomic E-state index is 0.0818. The van der Waals surface area contributed by atoms with Crippen molar-refractivity contribution in [2.24, 2.45) is 5.73 Å². The molecule has 86 valence electrons. The molecule has 0 aliphatic carbocycles. The maximum Gasteiger partial charge on any atom is 0.331 e. The van der Waals surface area contributed by atoms with Crippen LogP contribution in [0.1, 0.15) is 32.6 Å². The number of hydrogen-bond donors (Lipinski definition) is 3. The lowest BCUT2D eigenvalue weighted by atomic mass is 10.0. The lowest BCUT2D eigenvalue weighted by Gasteiger charge is -2.06. The summed E-state index contributed by atoms with van der Waals surface area (Å²) in [6.07, 6.45) is 3.92. The van der Waals surface area contributed by atoms with Crippen molar-refractivity contribution in [1.82, 2.24) is 0 Å². The molecule has 0 fully saturated rings. The number of hydrogen-bond acceptors (Lipinski definition) is 3. The molecule has 0 aliphatic heterocycles. The molecule has 0 aromatic heterocycles. The van der Waals surface area contributed by atoms with E-state index < -0.39 is 18.0 Å². The Balaban J connectivity index is 4.34. The predicted octanol–water partition coefficient (Wildman–Crippen LogP) is 0.990. The van der Waals surface area contributed by atoms with Crippen molar-refractivity contribution in [3.8, 4) is 0 Å². The van der Waals surface area contributed by atoms with Gasteiger partial charge in [-0.2, -0.15) is 0 Å². The monoisotopic (exact) mass is 215 g/mol. The number of carboxylic acids is 2. The van der Waals surface area contributed by atoms with Gasteiger partial charge in [-0.25, -0.2) is 4.79 Å². The van der Waals surface area contributed by atoms with E-state index in [1.807, 2.05) is 6.92 Å². The van der Waals surface area contributed by atoms with E-state index in [4.69, 9.17) is 15.9 Å². The fourth-order valence-electron chi connectivity index (χ4n) is 1.06. The summed E-state index contributed by atoms with van der Waals surface area (Å²) in [6, 6.07) is -1.14. The zero-order valence-corrected chi connectivity index (χ0v) is 8.77. The quantitative estimate of drug-likeness (QED) is 0.434. The van der Waals surface area contributed by atoms with Crippen LogP contribution in [0, 0.1) is 0 Å². The fraction of sp³-hybridized carbons (Fsp3) is 0.600. The predicted molar refractivity (Wildman–Crippen MR) is 55.5 cm³/mol. The smallest absolute Gasteiger partial charge is 0.331 e. The van der Waals surface area contributed by atoms with Gasteiger partial charge in [0.2, 0.25) is 0 Å². The van der Waals surface area contributed by atoms with Crippen LogP contribution in [0.25, 0.3) is 0 Å². The molecule has 0 amide bonds. The Labute approximate surface area is 88.6 Å². The number of unbranched alkanes of at least 4 members (excludes halogenated alkanes) is 2. The second-order valence-electron chi connectivity index (χ2n) is 3.33. The Bertz CT molecular complexity index is 260. The number of aliphatic carboxylic acids is 2. The molecule has 0 aromatic carbocycles. The van der Waals surface area contributed by atoms with Crippen LogP contribution in [0.2, 0.25) is 0 Å². The molecule has 1 unspecified atom stereocenters. The maximum absolute atomic E-state index is 10.7. The van der Waals surface area contributed by atoms with Crippen molar-refractivity contribution in [3.05, 3.63) is 11.6 Å². The second-order valence-corrected chi connectivity index (χ2v) is 3.33. The van der Waals surface area contributed by atoms with E-state index in [-0.39, 0.29) is 12.0 Å². The first-order chi connectivity index (χ1) is 6.99. The Kier molecular flexibility index (Phi) is 6.37. The van der Waals surface area contributed by atoms with E-state index in [1.165, 1.54) is 0 Å². The number of carboxylic acid groups (broad SMARTS) is 2.